The first-order chi connectivity index (χ1) is 12.1. The zero-order valence-corrected chi connectivity index (χ0v) is 15.1. The van der Waals surface area contributed by atoms with E-state index in [1.54, 1.807) is 6.92 Å². The van der Waals surface area contributed by atoms with Crippen LogP contribution in [0.2, 0.25) is 0 Å². The third kappa shape index (κ3) is 5.16. The second-order valence-corrected chi connectivity index (χ2v) is 6.01. The van der Waals surface area contributed by atoms with Crippen molar-refractivity contribution in [3.8, 4) is 0 Å². The van der Waals surface area contributed by atoms with Crippen molar-refractivity contribution in [2.24, 2.45) is 5.92 Å². The maximum atomic E-state index is 12.6. The molecule has 1 aromatic carbocycles. The van der Waals surface area contributed by atoms with E-state index in [2.05, 4.69) is 0 Å². The molecule has 136 valence electrons. The minimum Gasteiger partial charge on any atom is -0.495 e. The summed E-state index contributed by atoms with van der Waals surface area (Å²) in [7, 11) is 0. The molecule has 0 fully saturated rings. The Kier molecular flexibility index (Phi) is 7.19. The third-order valence-corrected chi connectivity index (χ3v) is 4.20. The number of esters is 1. The van der Waals surface area contributed by atoms with E-state index in [-0.39, 0.29) is 18.3 Å². The predicted octanol–water partition coefficient (Wildman–Crippen LogP) is 3.17. The molecule has 1 aromatic rings. The van der Waals surface area contributed by atoms with Crippen molar-refractivity contribution in [2.45, 2.75) is 33.1 Å². The monoisotopic (exact) mass is 346 g/mol. The highest BCUT2D eigenvalue weighted by Crippen LogP contribution is 2.37. The fourth-order valence-electron chi connectivity index (χ4n) is 2.95. The number of ketones is 1. The summed E-state index contributed by atoms with van der Waals surface area (Å²) in [5.41, 5.74) is 2.07. The molecule has 0 heterocycles. The first-order valence-electron chi connectivity index (χ1n) is 8.75. The summed E-state index contributed by atoms with van der Waals surface area (Å²) in [4.78, 5) is 24.9. The molecule has 2 unspecified atom stereocenters. The molecule has 5 heteroatoms. The average molecular weight is 346 g/mol. The van der Waals surface area contributed by atoms with Gasteiger partial charge in [0, 0.05) is 25.0 Å². The van der Waals surface area contributed by atoms with E-state index in [9.17, 15) is 9.59 Å². The van der Waals surface area contributed by atoms with Crippen LogP contribution in [0.3, 0.4) is 0 Å². The molecule has 0 saturated carbocycles. The van der Waals surface area contributed by atoms with Gasteiger partial charge in [-0.3, -0.25) is 9.59 Å². The third-order valence-electron chi connectivity index (χ3n) is 4.20. The fourth-order valence-corrected chi connectivity index (χ4v) is 2.95. The van der Waals surface area contributed by atoms with Crippen LogP contribution in [0.5, 0.6) is 0 Å². The van der Waals surface area contributed by atoms with Gasteiger partial charge in [0.05, 0.1) is 13.2 Å². The molecule has 25 heavy (non-hydrogen) atoms. The van der Waals surface area contributed by atoms with Crippen LogP contribution in [-0.4, -0.2) is 38.2 Å². The first kappa shape index (κ1) is 19.2. The summed E-state index contributed by atoms with van der Waals surface area (Å²) in [5, 5.41) is 0. The van der Waals surface area contributed by atoms with Crippen LogP contribution in [0.4, 0.5) is 0 Å². The van der Waals surface area contributed by atoms with E-state index in [1.165, 1.54) is 6.08 Å². The number of ether oxygens (including phenoxy) is 3. The van der Waals surface area contributed by atoms with Crippen LogP contribution in [0.25, 0.3) is 0 Å². The average Bonchev–Trinajstić information content (AvgIpc) is 2.59. The van der Waals surface area contributed by atoms with E-state index in [4.69, 9.17) is 14.2 Å². The quantitative estimate of drug-likeness (QED) is 0.411. The number of benzene rings is 1. The van der Waals surface area contributed by atoms with Crippen molar-refractivity contribution in [1.29, 1.82) is 0 Å². The van der Waals surface area contributed by atoms with E-state index >= 15 is 0 Å². The standard InChI is InChI=1S/C20H26O5/c1-4-23-10-11-25-16-12-17(15-8-6-14(3)7-9-15)19(18(21)13-16)20(22)24-5-2/h6-9,13,17,19H,4-5,10-12H2,1-3H3. The smallest absolute Gasteiger partial charge is 0.317 e. The number of carbonyl (C=O) groups excluding carboxylic acids is 2. The maximum Gasteiger partial charge on any atom is 0.317 e. The lowest BCUT2D eigenvalue weighted by Crippen LogP contribution is -2.34. The van der Waals surface area contributed by atoms with E-state index in [0.29, 0.717) is 32.0 Å². The lowest BCUT2D eigenvalue weighted by molar-refractivity contribution is -0.152. The number of carbonyl (C=O) groups is 2. The summed E-state index contributed by atoms with van der Waals surface area (Å²) in [6, 6.07) is 7.89. The van der Waals surface area contributed by atoms with Gasteiger partial charge in [-0.05, 0) is 26.3 Å². The molecule has 2 atom stereocenters. The molecule has 0 amide bonds. The summed E-state index contributed by atoms with van der Waals surface area (Å²) < 4.78 is 16.1. The van der Waals surface area contributed by atoms with Crippen molar-refractivity contribution in [3.63, 3.8) is 0 Å². The van der Waals surface area contributed by atoms with Gasteiger partial charge in [0.1, 0.15) is 18.3 Å². The van der Waals surface area contributed by atoms with E-state index in [0.717, 1.165) is 11.1 Å². The summed E-state index contributed by atoms with van der Waals surface area (Å²) >= 11 is 0. The number of rotatable bonds is 8. The van der Waals surface area contributed by atoms with Crippen molar-refractivity contribution >= 4 is 11.8 Å². The van der Waals surface area contributed by atoms with Crippen LogP contribution < -0.4 is 0 Å². The molecule has 0 saturated heterocycles. The van der Waals surface area contributed by atoms with Crippen LogP contribution >= 0.6 is 0 Å². The Hall–Kier alpha value is -2.14. The van der Waals surface area contributed by atoms with Crippen molar-refractivity contribution in [2.75, 3.05) is 26.4 Å². The molecule has 2 rings (SSSR count). The number of hydrogen-bond acceptors (Lipinski definition) is 5. The van der Waals surface area contributed by atoms with Gasteiger partial charge in [-0.25, -0.2) is 0 Å². The summed E-state index contributed by atoms with van der Waals surface area (Å²) in [6.45, 7) is 7.39. The van der Waals surface area contributed by atoms with Crippen molar-refractivity contribution < 1.29 is 23.8 Å². The molecule has 1 aliphatic carbocycles. The zero-order valence-electron chi connectivity index (χ0n) is 15.1. The Bertz CT molecular complexity index is 617. The van der Waals surface area contributed by atoms with Crippen molar-refractivity contribution in [3.05, 3.63) is 47.2 Å². The fraction of sp³-hybridized carbons (Fsp3) is 0.500. The molecule has 1 aliphatic rings. The Morgan fingerprint density at radius 2 is 1.84 bits per heavy atom. The molecular weight excluding hydrogens is 320 g/mol. The highest BCUT2D eigenvalue weighted by molar-refractivity contribution is 6.06. The van der Waals surface area contributed by atoms with E-state index < -0.39 is 11.9 Å². The topological polar surface area (TPSA) is 61.8 Å². The van der Waals surface area contributed by atoms with Crippen LogP contribution in [0, 0.1) is 12.8 Å². The lowest BCUT2D eigenvalue weighted by atomic mass is 9.77. The summed E-state index contributed by atoms with van der Waals surface area (Å²) in [5.74, 6) is -1.23. The van der Waals surface area contributed by atoms with Gasteiger partial charge >= 0.3 is 5.97 Å². The Morgan fingerprint density at radius 1 is 1.12 bits per heavy atom. The molecular formula is C20H26O5. The van der Waals surface area contributed by atoms with Gasteiger partial charge < -0.3 is 14.2 Å². The van der Waals surface area contributed by atoms with Crippen molar-refractivity contribution in [1.82, 2.24) is 0 Å². The molecule has 0 aromatic heterocycles. The normalized spacial score (nSPS) is 20.1. The Labute approximate surface area is 149 Å². The maximum absolute atomic E-state index is 12.6. The zero-order chi connectivity index (χ0) is 18.2. The van der Waals surface area contributed by atoms with Gasteiger partial charge in [0.2, 0.25) is 0 Å². The SMILES string of the molecule is CCOCCOC1=CC(=O)C(C(=O)OCC)C(c2ccc(C)cc2)C1. The van der Waals surface area contributed by atoms with E-state index in [1.807, 2.05) is 38.1 Å². The molecule has 5 nitrogen and oxygen atoms in total. The largest absolute Gasteiger partial charge is 0.495 e. The van der Waals surface area contributed by atoms with Crippen LogP contribution in [0.1, 0.15) is 37.3 Å². The van der Waals surface area contributed by atoms with Gasteiger partial charge in [-0.2, -0.15) is 0 Å². The van der Waals surface area contributed by atoms with Gasteiger partial charge in [0.25, 0.3) is 0 Å². The van der Waals surface area contributed by atoms with Crippen LogP contribution in [-0.2, 0) is 23.8 Å². The Morgan fingerprint density at radius 3 is 2.48 bits per heavy atom. The predicted molar refractivity (Wildman–Crippen MR) is 94.2 cm³/mol. The minimum absolute atomic E-state index is 0.255. The molecule has 0 radical (unpaired) electrons. The van der Waals surface area contributed by atoms with Gasteiger partial charge in [-0.15, -0.1) is 0 Å². The molecule has 0 spiro atoms. The van der Waals surface area contributed by atoms with Gasteiger partial charge in [0.15, 0.2) is 5.78 Å². The molecule has 0 aliphatic heterocycles. The number of allylic oxidation sites excluding steroid dienone is 2. The highest BCUT2D eigenvalue weighted by Gasteiger charge is 2.40. The number of hydrogen-bond donors (Lipinski definition) is 0. The van der Waals surface area contributed by atoms with Gasteiger partial charge in [-0.1, -0.05) is 29.8 Å². The first-order valence-corrected chi connectivity index (χ1v) is 8.75. The second-order valence-electron chi connectivity index (χ2n) is 6.01. The lowest BCUT2D eigenvalue weighted by Gasteiger charge is -2.29. The molecule has 0 bridgehead atoms. The minimum atomic E-state index is -0.818. The number of aryl methyl sites for hydroxylation is 1. The second kappa shape index (κ2) is 9.37. The summed E-state index contributed by atoms with van der Waals surface area (Å²) in [6.07, 6.45) is 1.92. The molecule has 0 N–H and O–H groups in total. The Balaban J connectivity index is 2.21. The highest BCUT2D eigenvalue weighted by atomic mass is 16.5. The van der Waals surface area contributed by atoms with Crippen LogP contribution in [0.15, 0.2) is 36.1 Å².